The summed E-state index contributed by atoms with van der Waals surface area (Å²) in [5, 5.41) is 18.5. The normalized spacial score (nSPS) is 14.4. The van der Waals surface area contributed by atoms with Crippen molar-refractivity contribution in [2.75, 3.05) is 30.8 Å². The molecule has 0 bridgehead atoms. The number of carbonyl (C=O) groups excluding carboxylic acids is 2. The quantitative estimate of drug-likeness (QED) is 0.205. The molecule has 0 radical (unpaired) electrons. The fourth-order valence-corrected chi connectivity index (χ4v) is 5.27. The molecule has 0 aromatic heterocycles. The number of benzene rings is 3. The lowest BCUT2D eigenvalue weighted by molar-refractivity contribution is -0.105. The summed E-state index contributed by atoms with van der Waals surface area (Å²) in [6.07, 6.45) is 7.13. The molecule has 1 unspecified atom stereocenters. The number of halogens is 2. The van der Waals surface area contributed by atoms with Crippen molar-refractivity contribution in [2.24, 2.45) is 5.92 Å². The molecule has 3 aromatic rings. The van der Waals surface area contributed by atoms with Crippen molar-refractivity contribution >= 4 is 48.0 Å². The van der Waals surface area contributed by atoms with Crippen molar-refractivity contribution in [3.8, 4) is 6.07 Å². The number of hydrogen-bond acceptors (Lipinski definition) is 6. The van der Waals surface area contributed by atoms with Crippen LogP contribution in [-0.4, -0.2) is 41.7 Å². The van der Waals surface area contributed by atoms with Gasteiger partial charge in [-0.05, 0) is 98.3 Å². The highest BCUT2D eigenvalue weighted by Crippen LogP contribution is 2.41. The van der Waals surface area contributed by atoms with E-state index in [1.54, 1.807) is 48.5 Å². The van der Waals surface area contributed by atoms with Crippen LogP contribution in [0.25, 0.3) is 0 Å². The molecule has 2 fully saturated rings. The lowest BCUT2D eigenvalue weighted by Crippen LogP contribution is -2.41. The molecule has 1 saturated carbocycles. The van der Waals surface area contributed by atoms with Crippen LogP contribution in [0.15, 0.2) is 66.7 Å². The Morgan fingerprint density at radius 1 is 1.04 bits per heavy atom. The summed E-state index contributed by atoms with van der Waals surface area (Å²) in [5.41, 5.74) is 2.94. The zero-order chi connectivity index (χ0) is 33.2. The van der Waals surface area contributed by atoms with Gasteiger partial charge in [-0.1, -0.05) is 56.5 Å². The summed E-state index contributed by atoms with van der Waals surface area (Å²) in [5.74, 6) is 0.280. The molecule has 45 heavy (non-hydrogen) atoms. The van der Waals surface area contributed by atoms with Crippen molar-refractivity contribution in [3.63, 3.8) is 0 Å². The fraction of sp³-hybridized carbons (Fsp3) is 0.382. The van der Waals surface area contributed by atoms with Crippen molar-refractivity contribution in [2.45, 2.75) is 57.9 Å². The summed E-state index contributed by atoms with van der Waals surface area (Å²) in [4.78, 5) is 24.3. The Morgan fingerprint density at radius 2 is 1.64 bits per heavy atom. The van der Waals surface area contributed by atoms with Crippen molar-refractivity contribution in [1.82, 2.24) is 10.2 Å². The highest BCUT2D eigenvalue weighted by molar-refractivity contribution is 7.44. The highest BCUT2D eigenvalue weighted by atomic mass is 35.5. The van der Waals surface area contributed by atoms with Gasteiger partial charge in [-0.25, -0.2) is 9.18 Å². The number of carbonyl (C=O) groups is 2. The summed E-state index contributed by atoms with van der Waals surface area (Å²) in [6.45, 7) is 5.72. The molecule has 3 amide bonds. The van der Waals surface area contributed by atoms with Crippen LogP contribution < -0.4 is 16.0 Å². The zero-order valence-electron chi connectivity index (χ0n) is 25.9. The summed E-state index contributed by atoms with van der Waals surface area (Å²) in [7, 11) is 1.89. The van der Waals surface area contributed by atoms with Gasteiger partial charge in [-0.3, -0.25) is 4.79 Å². The molecule has 0 spiro atoms. The van der Waals surface area contributed by atoms with Gasteiger partial charge in [-0.15, -0.1) is 0 Å². The van der Waals surface area contributed by atoms with Gasteiger partial charge in [0.2, 0.25) is 6.41 Å². The minimum atomic E-state index is -0.510. The van der Waals surface area contributed by atoms with E-state index in [0.29, 0.717) is 17.0 Å². The second-order valence-electron chi connectivity index (χ2n) is 10.4. The van der Waals surface area contributed by atoms with Gasteiger partial charge in [0.1, 0.15) is 5.82 Å². The van der Waals surface area contributed by atoms with Gasteiger partial charge in [-0.2, -0.15) is 9.47 Å². The SMILES string of the molecule is CC.CNC(CCC1CC1)(c1ccc(C#N)cc1)c1ccc(F)c(NC=O)c1.O=C(Nc1ccc(Cl)cc1)N1CCCC1.O=S. The number of anilines is 2. The number of hydrogen-bond donors (Lipinski definition) is 3. The van der Waals surface area contributed by atoms with Gasteiger partial charge >= 0.3 is 6.03 Å². The number of urea groups is 1. The second-order valence-corrected chi connectivity index (χ2v) is 10.9. The van der Waals surface area contributed by atoms with Gasteiger partial charge < -0.3 is 20.9 Å². The molecule has 5 rings (SSSR count). The van der Waals surface area contributed by atoms with Gasteiger partial charge in [0, 0.05) is 23.8 Å². The van der Waals surface area contributed by atoms with Crippen LogP contribution in [0.2, 0.25) is 5.02 Å². The molecule has 3 aromatic carbocycles. The molecule has 1 saturated heterocycles. The molecule has 11 heteroatoms. The second kappa shape index (κ2) is 19.5. The van der Waals surface area contributed by atoms with E-state index in [-0.39, 0.29) is 11.7 Å². The molecular formula is C34H41ClFN5O3S. The number of nitriles is 1. The molecule has 240 valence electrons. The van der Waals surface area contributed by atoms with Gasteiger partial charge in [0.15, 0.2) is 12.5 Å². The van der Waals surface area contributed by atoms with Crippen molar-refractivity contribution in [3.05, 3.63) is 94.3 Å². The van der Waals surface area contributed by atoms with E-state index >= 15 is 0 Å². The molecule has 1 aliphatic carbocycles. The van der Waals surface area contributed by atoms with E-state index in [0.717, 1.165) is 61.5 Å². The first kappa shape index (κ1) is 37.3. The Bertz CT molecular complexity index is 1390. The minimum Gasteiger partial charge on any atom is -0.326 e. The average molecular weight is 654 g/mol. The zero-order valence-corrected chi connectivity index (χ0v) is 27.5. The smallest absolute Gasteiger partial charge is 0.321 e. The van der Waals surface area contributed by atoms with Crippen LogP contribution in [0, 0.1) is 23.1 Å². The van der Waals surface area contributed by atoms with Crippen LogP contribution in [0.5, 0.6) is 0 Å². The van der Waals surface area contributed by atoms with E-state index in [9.17, 15) is 14.0 Å². The third kappa shape index (κ3) is 10.9. The van der Waals surface area contributed by atoms with Crippen LogP contribution >= 0.6 is 11.6 Å². The number of nitrogens with zero attached hydrogens (tertiary/aromatic N) is 2. The van der Waals surface area contributed by atoms with Crippen LogP contribution in [0.4, 0.5) is 20.6 Å². The predicted octanol–water partition coefficient (Wildman–Crippen LogP) is 7.58. The molecule has 1 aliphatic heterocycles. The van der Waals surface area contributed by atoms with E-state index < -0.39 is 11.4 Å². The molecule has 3 N–H and O–H groups in total. The van der Waals surface area contributed by atoms with E-state index in [4.69, 9.17) is 21.1 Å². The van der Waals surface area contributed by atoms with Crippen molar-refractivity contribution in [1.29, 1.82) is 5.26 Å². The number of nitrogens with one attached hydrogen (secondary N) is 3. The van der Waals surface area contributed by atoms with Gasteiger partial charge in [0.25, 0.3) is 0 Å². The lowest BCUT2D eigenvalue weighted by atomic mass is 9.78. The van der Waals surface area contributed by atoms with Crippen LogP contribution in [0.1, 0.15) is 69.1 Å². The highest BCUT2D eigenvalue weighted by Gasteiger charge is 2.35. The lowest BCUT2D eigenvalue weighted by Gasteiger charge is -2.35. The minimum absolute atomic E-state index is 0.0187. The standard InChI is InChI=1S/C21H22FN3O.C11H13ClN2O.C2H6.OS/c1-24-21(11-10-15-2-3-15,17-6-4-16(13-23)5-7-17)18-8-9-19(22)20(12-18)25-14-26;12-9-3-5-10(6-4-9)13-11(15)14-7-1-2-8-14;2*1-2/h4-9,12,14-15,24H,2-3,10-11H2,1H3,(H,25,26);3-6H,1-2,7-8H2,(H,13,15);1-2H3;. The third-order valence-corrected chi connectivity index (χ3v) is 7.97. The molecule has 2 aliphatic rings. The first-order chi connectivity index (χ1) is 21.9. The Hall–Kier alpha value is -3.91. The van der Waals surface area contributed by atoms with E-state index in [2.05, 4.69) is 34.6 Å². The summed E-state index contributed by atoms with van der Waals surface area (Å²) < 4.78 is 21.8. The monoisotopic (exact) mass is 653 g/mol. The largest absolute Gasteiger partial charge is 0.326 e. The maximum atomic E-state index is 14.0. The number of likely N-dealkylation sites (tertiary alicyclic amines) is 1. The van der Waals surface area contributed by atoms with Crippen molar-refractivity contribution < 1.29 is 18.2 Å². The van der Waals surface area contributed by atoms with Gasteiger partial charge in [0.05, 0.1) is 22.9 Å². The predicted molar refractivity (Wildman–Crippen MR) is 180 cm³/mol. The van der Waals surface area contributed by atoms with Crippen LogP contribution in [-0.2, 0) is 22.9 Å². The molecule has 1 atom stereocenters. The molecule has 1 heterocycles. The topological polar surface area (TPSA) is 114 Å². The Kier molecular flexibility index (Phi) is 16.1. The van der Waals surface area contributed by atoms with Crippen LogP contribution in [0.3, 0.4) is 0 Å². The Balaban J connectivity index is 0.000000315. The number of rotatable bonds is 9. The summed E-state index contributed by atoms with van der Waals surface area (Å²) >= 11 is 8.59. The maximum Gasteiger partial charge on any atom is 0.321 e. The molecule has 8 nitrogen and oxygen atoms in total. The average Bonchev–Trinajstić information content (AvgIpc) is 3.75. The maximum absolute atomic E-state index is 14.0. The van der Waals surface area contributed by atoms with E-state index in [1.807, 2.05) is 37.9 Å². The summed E-state index contributed by atoms with van der Waals surface area (Å²) in [6, 6.07) is 21.6. The fourth-order valence-electron chi connectivity index (χ4n) is 5.15. The Labute approximate surface area is 275 Å². The van der Waals surface area contributed by atoms with E-state index in [1.165, 1.54) is 18.9 Å². The number of amides is 3. The third-order valence-electron chi connectivity index (χ3n) is 7.72. The first-order valence-electron chi connectivity index (χ1n) is 15.1. The molecular weight excluding hydrogens is 613 g/mol. The first-order valence-corrected chi connectivity index (χ1v) is 15.8. The Morgan fingerprint density at radius 3 is 2.18 bits per heavy atom.